The van der Waals surface area contributed by atoms with Crippen LogP contribution in [0.3, 0.4) is 0 Å². The molecule has 7 N–H and O–H groups in total. The third kappa shape index (κ3) is 4.08. The van der Waals surface area contributed by atoms with Crippen molar-refractivity contribution in [3.8, 4) is 74.0 Å². The van der Waals surface area contributed by atoms with E-state index in [4.69, 9.17) is 8.83 Å². The van der Waals surface area contributed by atoms with Gasteiger partial charge in [0.05, 0.1) is 5.56 Å². The van der Waals surface area contributed by atoms with Gasteiger partial charge in [0, 0.05) is 47.0 Å². The van der Waals surface area contributed by atoms with E-state index in [1.165, 1.54) is 24.3 Å². The first kappa shape index (κ1) is 25.2. The second-order valence-corrected chi connectivity index (χ2v) is 9.21. The van der Waals surface area contributed by atoms with E-state index in [0.29, 0.717) is 5.56 Å². The zero-order valence-corrected chi connectivity index (χ0v) is 20.6. The minimum atomic E-state index is -0.726. The third-order valence-electron chi connectivity index (χ3n) is 6.57. The topological polar surface area (TPSA) is 202 Å². The van der Waals surface area contributed by atoms with Crippen molar-refractivity contribution < 1.29 is 44.6 Å². The van der Waals surface area contributed by atoms with Crippen LogP contribution in [0.1, 0.15) is 0 Å². The molecular formula is C30H18O11. The lowest BCUT2D eigenvalue weighted by Crippen LogP contribution is -2.03. The van der Waals surface area contributed by atoms with E-state index in [9.17, 15) is 45.3 Å². The summed E-state index contributed by atoms with van der Waals surface area (Å²) in [5.41, 5.74) is -1.94. The molecule has 204 valence electrons. The molecule has 0 atom stereocenters. The highest BCUT2D eigenvalue weighted by Gasteiger charge is 2.25. The molecule has 11 heteroatoms. The maximum Gasteiger partial charge on any atom is 0.197 e. The lowest BCUT2D eigenvalue weighted by molar-refractivity contribution is 0.404. The van der Waals surface area contributed by atoms with Gasteiger partial charge in [-0.05, 0) is 36.4 Å². The summed E-state index contributed by atoms with van der Waals surface area (Å²) in [4.78, 5) is 26.0. The van der Waals surface area contributed by atoms with Gasteiger partial charge in [-0.3, -0.25) is 9.59 Å². The van der Waals surface area contributed by atoms with Crippen molar-refractivity contribution >= 4 is 21.9 Å². The van der Waals surface area contributed by atoms with E-state index in [1.807, 2.05) is 0 Å². The zero-order chi connectivity index (χ0) is 29.2. The lowest BCUT2D eigenvalue weighted by Gasteiger charge is -2.16. The Morgan fingerprint density at radius 3 is 1.78 bits per heavy atom. The minimum absolute atomic E-state index is 0.000576. The summed E-state index contributed by atoms with van der Waals surface area (Å²) in [5, 5.41) is 71.8. The fourth-order valence-corrected chi connectivity index (χ4v) is 4.70. The second-order valence-electron chi connectivity index (χ2n) is 9.21. The first-order valence-electron chi connectivity index (χ1n) is 11.9. The maximum absolute atomic E-state index is 13.1. The van der Waals surface area contributed by atoms with E-state index in [1.54, 1.807) is 0 Å². The normalized spacial score (nSPS) is 11.3. The van der Waals surface area contributed by atoms with Crippen molar-refractivity contribution in [2.45, 2.75) is 0 Å². The summed E-state index contributed by atoms with van der Waals surface area (Å²) in [7, 11) is 0. The first-order valence-corrected chi connectivity index (χ1v) is 11.9. The van der Waals surface area contributed by atoms with Crippen LogP contribution in [0.25, 0.3) is 55.7 Å². The number of phenolic OH excluding ortho intramolecular Hbond substituents is 7. The van der Waals surface area contributed by atoms with Gasteiger partial charge < -0.3 is 44.6 Å². The highest BCUT2D eigenvalue weighted by Crippen LogP contribution is 2.48. The van der Waals surface area contributed by atoms with Gasteiger partial charge in [-0.1, -0.05) is 0 Å². The van der Waals surface area contributed by atoms with Gasteiger partial charge in [0.15, 0.2) is 22.4 Å². The number of hydrogen-bond acceptors (Lipinski definition) is 11. The van der Waals surface area contributed by atoms with Crippen molar-refractivity contribution in [1.82, 2.24) is 0 Å². The van der Waals surface area contributed by atoms with E-state index < -0.39 is 45.4 Å². The number of hydrogen-bond donors (Lipinski definition) is 7. The molecule has 6 aromatic rings. The first-order chi connectivity index (χ1) is 19.5. The molecule has 0 aliphatic rings. The van der Waals surface area contributed by atoms with Crippen LogP contribution in [0.4, 0.5) is 0 Å². The van der Waals surface area contributed by atoms with E-state index in [2.05, 4.69) is 0 Å². The van der Waals surface area contributed by atoms with Crippen molar-refractivity contribution in [2.24, 2.45) is 0 Å². The Morgan fingerprint density at radius 1 is 0.488 bits per heavy atom. The highest BCUT2D eigenvalue weighted by molar-refractivity contribution is 5.99. The molecule has 4 aromatic carbocycles. The molecular weight excluding hydrogens is 536 g/mol. The number of benzene rings is 4. The summed E-state index contributed by atoms with van der Waals surface area (Å²) in [6, 6.07) is 13.0. The smallest absolute Gasteiger partial charge is 0.197 e. The Morgan fingerprint density at radius 2 is 1.07 bits per heavy atom. The lowest BCUT2D eigenvalue weighted by atomic mass is 9.93. The predicted octanol–water partition coefficient (Wildman–Crippen LogP) is 4.84. The van der Waals surface area contributed by atoms with Gasteiger partial charge >= 0.3 is 0 Å². The molecule has 0 amide bonds. The Labute approximate surface area is 227 Å². The van der Waals surface area contributed by atoms with Crippen LogP contribution in [0.15, 0.2) is 85.2 Å². The van der Waals surface area contributed by atoms with Crippen LogP contribution in [0.2, 0.25) is 0 Å². The Bertz CT molecular complexity index is 2160. The van der Waals surface area contributed by atoms with E-state index in [0.717, 1.165) is 42.5 Å². The van der Waals surface area contributed by atoms with Crippen LogP contribution in [0, 0.1) is 0 Å². The number of phenols is 7. The van der Waals surface area contributed by atoms with Gasteiger partial charge in [0.2, 0.25) is 0 Å². The van der Waals surface area contributed by atoms with E-state index >= 15 is 0 Å². The molecule has 0 aliphatic carbocycles. The molecule has 2 aromatic heterocycles. The molecule has 41 heavy (non-hydrogen) atoms. The molecule has 2 heterocycles. The van der Waals surface area contributed by atoms with Crippen LogP contribution in [-0.2, 0) is 0 Å². The predicted molar refractivity (Wildman–Crippen MR) is 146 cm³/mol. The highest BCUT2D eigenvalue weighted by atomic mass is 16.3. The molecule has 0 saturated heterocycles. The van der Waals surface area contributed by atoms with Crippen LogP contribution >= 0.6 is 0 Å². The minimum Gasteiger partial charge on any atom is -0.508 e. The third-order valence-corrected chi connectivity index (χ3v) is 6.57. The molecule has 0 bridgehead atoms. The second kappa shape index (κ2) is 8.99. The summed E-state index contributed by atoms with van der Waals surface area (Å²) < 4.78 is 11.5. The molecule has 11 nitrogen and oxygen atoms in total. The fraction of sp³-hybridized carbons (Fsp3) is 0. The Balaban J connectivity index is 1.62. The van der Waals surface area contributed by atoms with Gasteiger partial charge in [0.25, 0.3) is 0 Å². The zero-order valence-electron chi connectivity index (χ0n) is 20.6. The van der Waals surface area contributed by atoms with Gasteiger partial charge in [-0.25, -0.2) is 0 Å². The molecule has 0 fully saturated rings. The van der Waals surface area contributed by atoms with Gasteiger partial charge in [-0.2, -0.15) is 0 Å². The molecule has 0 radical (unpaired) electrons. The quantitative estimate of drug-likeness (QED) is 0.148. The molecule has 0 saturated carbocycles. The largest absolute Gasteiger partial charge is 0.508 e. The summed E-state index contributed by atoms with van der Waals surface area (Å²) in [5.74, 6) is -3.67. The van der Waals surface area contributed by atoms with Gasteiger partial charge in [-0.15, -0.1) is 0 Å². The van der Waals surface area contributed by atoms with Gasteiger partial charge in [0.1, 0.15) is 62.2 Å². The summed E-state index contributed by atoms with van der Waals surface area (Å²) in [6.45, 7) is 0. The SMILES string of the molecule is O=c1cc(-c2cc(O)c(O)cc2-c2c(O)cc3oc(-c4ccc(O)cc4)cc(=O)c3c2O)oc2cc(O)cc(O)c12. The van der Waals surface area contributed by atoms with Crippen LogP contribution < -0.4 is 10.9 Å². The molecule has 0 spiro atoms. The molecule has 0 unspecified atom stereocenters. The number of fused-ring (bicyclic) bond motifs is 2. The Kier molecular flexibility index (Phi) is 5.52. The maximum atomic E-state index is 13.1. The van der Waals surface area contributed by atoms with Crippen LogP contribution in [0.5, 0.6) is 40.2 Å². The Hall–Kier alpha value is -6.10. The molecule has 6 rings (SSSR count). The standard InChI is InChI=1S/C30H18O11/c31-13-3-1-12(2-4-13)23-9-22(38)29-26(40-23)11-20(36)27(30(29)39)16-8-18(34)17(33)7-15(16)24-10-21(37)28-19(35)5-14(32)6-25(28)41-24/h1-11,31-36,39H. The fourth-order valence-electron chi connectivity index (χ4n) is 4.70. The summed E-state index contributed by atoms with van der Waals surface area (Å²) >= 11 is 0. The molecule has 0 aliphatic heterocycles. The van der Waals surface area contributed by atoms with Crippen molar-refractivity contribution in [3.63, 3.8) is 0 Å². The monoisotopic (exact) mass is 554 g/mol. The van der Waals surface area contributed by atoms with E-state index in [-0.39, 0.29) is 55.9 Å². The van der Waals surface area contributed by atoms with Crippen LogP contribution in [-0.4, -0.2) is 35.7 Å². The average molecular weight is 554 g/mol. The number of rotatable bonds is 3. The number of aromatic hydroxyl groups is 7. The van der Waals surface area contributed by atoms with Crippen molar-refractivity contribution in [3.05, 3.63) is 87.2 Å². The van der Waals surface area contributed by atoms with Crippen molar-refractivity contribution in [2.75, 3.05) is 0 Å². The summed E-state index contributed by atoms with van der Waals surface area (Å²) in [6.07, 6.45) is 0. The average Bonchev–Trinajstić information content (AvgIpc) is 2.89. The van der Waals surface area contributed by atoms with Crippen molar-refractivity contribution in [1.29, 1.82) is 0 Å².